The molecule has 1 saturated heterocycles. The van der Waals surface area contributed by atoms with Gasteiger partial charge in [-0.25, -0.2) is 14.8 Å². The van der Waals surface area contributed by atoms with Gasteiger partial charge in [0.2, 0.25) is 11.8 Å². The number of pyridine rings is 1. The fourth-order valence-corrected chi connectivity index (χ4v) is 3.78. The summed E-state index contributed by atoms with van der Waals surface area (Å²) in [5.74, 6) is 1.01. The maximum Gasteiger partial charge on any atom is 0.317 e. The summed E-state index contributed by atoms with van der Waals surface area (Å²) in [6.07, 6.45) is 7.44. The molecule has 2 aliphatic rings. The Balaban J connectivity index is 1.22. The second-order valence-electron chi connectivity index (χ2n) is 7.53. The van der Waals surface area contributed by atoms with Crippen LogP contribution in [0.1, 0.15) is 31.2 Å². The molecule has 1 aliphatic carbocycles. The third-order valence-corrected chi connectivity index (χ3v) is 5.84. The summed E-state index contributed by atoms with van der Waals surface area (Å²) < 4.78 is 5.63. The van der Waals surface area contributed by atoms with Crippen molar-refractivity contribution in [2.75, 3.05) is 25.0 Å². The molecule has 1 unspecified atom stereocenters. The second kappa shape index (κ2) is 9.21. The van der Waals surface area contributed by atoms with Crippen molar-refractivity contribution < 1.29 is 14.3 Å². The summed E-state index contributed by atoms with van der Waals surface area (Å²) in [4.78, 5) is 35.0. The summed E-state index contributed by atoms with van der Waals surface area (Å²) in [6.45, 7) is 2.19. The number of nitrogens with zero attached hydrogens (tertiary/aromatic N) is 3. The first-order valence-corrected chi connectivity index (χ1v) is 10.9. The van der Waals surface area contributed by atoms with Gasteiger partial charge in [0.15, 0.2) is 5.13 Å². The molecule has 3 amide bonds. The normalized spacial score (nSPS) is 18.9. The van der Waals surface area contributed by atoms with Crippen LogP contribution in [0, 0.1) is 11.8 Å². The summed E-state index contributed by atoms with van der Waals surface area (Å²) in [7, 11) is 0. The predicted octanol–water partition coefficient (Wildman–Crippen LogP) is 2.89. The number of carbonyl (C=O) groups excluding carboxylic acids is 2. The number of amides is 3. The SMILES string of the molecule is O=C(Nc1nccs1)C1CCCN(C(=O)NCc2ccc(OCC3CC3)nc2)C1. The van der Waals surface area contributed by atoms with Gasteiger partial charge in [0, 0.05) is 43.5 Å². The van der Waals surface area contributed by atoms with Crippen molar-refractivity contribution in [2.24, 2.45) is 11.8 Å². The van der Waals surface area contributed by atoms with Gasteiger partial charge >= 0.3 is 6.03 Å². The highest BCUT2D eigenvalue weighted by atomic mass is 32.1. The molecular weight excluding hydrogens is 390 g/mol. The van der Waals surface area contributed by atoms with Gasteiger partial charge in [-0.3, -0.25) is 4.79 Å². The average Bonchev–Trinajstić information content (AvgIpc) is 3.45. The minimum atomic E-state index is -0.219. The number of piperidine rings is 1. The topological polar surface area (TPSA) is 96.5 Å². The van der Waals surface area contributed by atoms with Crippen LogP contribution in [-0.4, -0.2) is 46.5 Å². The number of ether oxygens (including phenoxy) is 1. The highest BCUT2D eigenvalue weighted by molar-refractivity contribution is 7.13. The lowest BCUT2D eigenvalue weighted by Gasteiger charge is -2.31. The highest BCUT2D eigenvalue weighted by Crippen LogP contribution is 2.29. The highest BCUT2D eigenvalue weighted by Gasteiger charge is 2.28. The maximum atomic E-state index is 12.5. The van der Waals surface area contributed by atoms with E-state index in [9.17, 15) is 9.59 Å². The fraction of sp³-hybridized carbons (Fsp3) is 0.500. The third-order valence-electron chi connectivity index (χ3n) is 5.15. The summed E-state index contributed by atoms with van der Waals surface area (Å²) >= 11 is 1.39. The van der Waals surface area contributed by atoms with Crippen LogP contribution in [0.15, 0.2) is 29.9 Å². The lowest BCUT2D eigenvalue weighted by atomic mass is 9.97. The van der Waals surface area contributed by atoms with Crippen molar-refractivity contribution in [2.45, 2.75) is 32.2 Å². The Kier molecular flexibility index (Phi) is 6.24. The third kappa shape index (κ3) is 5.66. The van der Waals surface area contributed by atoms with Crippen LogP contribution in [0.5, 0.6) is 5.88 Å². The van der Waals surface area contributed by atoms with Crippen molar-refractivity contribution in [3.8, 4) is 5.88 Å². The Labute approximate surface area is 173 Å². The molecule has 1 saturated carbocycles. The molecule has 0 radical (unpaired) electrons. The molecule has 0 bridgehead atoms. The second-order valence-corrected chi connectivity index (χ2v) is 8.42. The minimum Gasteiger partial charge on any atom is -0.477 e. The maximum absolute atomic E-state index is 12.5. The fourth-order valence-electron chi connectivity index (χ4n) is 3.25. The van der Waals surface area contributed by atoms with Crippen LogP contribution in [0.4, 0.5) is 9.93 Å². The van der Waals surface area contributed by atoms with Gasteiger partial charge in [-0.05, 0) is 37.2 Å². The molecule has 9 heteroatoms. The van der Waals surface area contributed by atoms with Gasteiger partial charge in [0.25, 0.3) is 0 Å². The molecule has 3 heterocycles. The molecule has 2 aromatic rings. The van der Waals surface area contributed by atoms with Crippen LogP contribution in [0.25, 0.3) is 0 Å². The molecule has 0 aromatic carbocycles. The first kappa shape index (κ1) is 19.6. The molecule has 154 valence electrons. The Hall–Kier alpha value is -2.68. The Morgan fingerprint density at radius 1 is 1.24 bits per heavy atom. The van der Waals surface area contributed by atoms with Gasteiger partial charge in [0.05, 0.1) is 12.5 Å². The number of likely N-dealkylation sites (tertiary alicyclic amines) is 1. The summed E-state index contributed by atoms with van der Waals surface area (Å²) in [5, 5.41) is 8.15. The van der Waals surface area contributed by atoms with Gasteiger partial charge in [-0.1, -0.05) is 6.07 Å². The monoisotopic (exact) mass is 415 g/mol. The van der Waals surface area contributed by atoms with E-state index in [1.807, 2.05) is 17.5 Å². The summed E-state index contributed by atoms with van der Waals surface area (Å²) in [6, 6.07) is 3.59. The molecule has 4 rings (SSSR count). The van der Waals surface area contributed by atoms with Crippen LogP contribution in [0.2, 0.25) is 0 Å². The van der Waals surface area contributed by atoms with E-state index in [1.54, 1.807) is 17.3 Å². The molecule has 8 nitrogen and oxygen atoms in total. The number of nitrogens with one attached hydrogen (secondary N) is 2. The van der Waals surface area contributed by atoms with Crippen LogP contribution in [-0.2, 0) is 11.3 Å². The molecule has 2 N–H and O–H groups in total. The zero-order chi connectivity index (χ0) is 20.1. The Morgan fingerprint density at radius 3 is 2.86 bits per heavy atom. The largest absolute Gasteiger partial charge is 0.477 e. The lowest BCUT2D eigenvalue weighted by molar-refractivity contribution is -0.121. The number of thiazole rings is 1. The number of hydrogen-bond acceptors (Lipinski definition) is 6. The van der Waals surface area contributed by atoms with E-state index in [-0.39, 0.29) is 17.9 Å². The van der Waals surface area contributed by atoms with E-state index in [1.165, 1.54) is 24.2 Å². The molecule has 29 heavy (non-hydrogen) atoms. The van der Waals surface area contributed by atoms with Crippen molar-refractivity contribution in [3.05, 3.63) is 35.5 Å². The molecule has 1 atom stereocenters. The number of carbonyl (C=O) groups is 2. The Morgan fingerprint density at radius 2 is 2.14 bits per heavy atom. The van der Waals surface area contributed by atoms with Gasteiger partial charge < -0.3 is 20.3 Å². The summed E-state index contributed by atoms with van der Waals surface area (Å²) in [5.41, 5.74) is 0.909. The number of aromatic nitrogens is 2. The molecular formula is C20H25N5O3S. The Bertz CT molecular complexity index is 823. The minimum absolute atomic E-state index is 0.0802. The lowest BCUT2D eigenvalue weighted by Crippen LogP contribution is -2.47. The molecule has 1 aliphatic heterocycles. The van der Waals surface area contributed by atoms with Crippen molar-refractivity contribution in [3.63, 3.8) is 0 Å². The van der Waals surface area contributed by atoms with Gasteiger partial charge in [-0.2, -0.15) is 0 Å². The number of anilines is 1. The van der Waals surface area contributed by atoms with Crippen LogP contribution in [0.3, 0.4) is 0 Å². The van der Waals surface area contributed by atoms with E-state index in [0.717, 1.165) is 25.0 Å². The number of rotatable bonds is 7. The zero-order valence-corrected chi connectivity index (χ0v) is 17.0. The number of urea groups is 1. The van der Waals surface area contributed by atoms with Crippen molar-refractivity contribution in [1.82, 2.24) is 20.2 Å². The molecule has 2 aromatic heterocycles. The van der Waals surface area contributed by atoms with Crippen LogP contribution < -0.4 is 15.4 Å². The quantitative estimate of drug-likeness (QED) is 0.725. The van der Waals surface area contributed by atoms with Crippen molar-refractivity contribution in [1.29, 1.82) is 0 Å². The van der Waals surface area contributed by atoms with Crippen LogP contribution >= 0.6 is 11.3 Å². The molecule has 2 fully saturated rings. The smallest absolute Gasteiger partial charge is 0.317 e. The van der Waals surface area contributed by atoms with E-state index >= 15 is 0 Å². The van der Waals surface area contributed by atoms with E-state index in [2.05, 4.69) is 20.6 Å². The van der Waals surface area contributed by atoms with Crippen molar-refractivity contribution >= 4 is 28.4 Å². The zero-order valence-electron chi connectivity index (χ0n) is 16.2. The number of hydrogen-bond donors (Lipinski definition) is 2. The predicted molar refractivity (Wildman–Crippen MR) is 110 cm³/mol. The van der Waals surface area contributed by atoms with Gasteiger partial charge in [0.1, 0.15) is 0 Å². The van der Waals surface area contributed by atoms with E-state index < -0.39 is 0 Å². The van der Waals surface area contributed by atoms with Gasteiger partial charge in [-0.15, -0.1) is 11.3 Å². The average molecular weight is 416 g/mol. The standard InChI is InChI=1S/C20H25N5O3S/c26-18(24-19-21-7-9-29-19)16-2-1-8-25(12-16)20(27)23-11-15-5-6-17(22-10-15)28-13-14-3-4-14/h5-7,9-10,14,16H,1-4,8,11-13H2,(H,23,27)(H,21,24,26). The van der Waals surface area contributed by atoms with E-state index in [4.69, 9.17) is 4.74 Å². The first-order chi connectivity index (χ1) is 14.2. The van der Waals surface area contributed by atoms with E-state index in [0.29, 0.717) is 36.6 Å². The molecule has 0 spiro atoms. The first-order valence-electron chi connectivity index (χ1n) is 9.98.